The zero-order valence-electron chi connectivity index (χ0n) is 14.5. The Balaban J connectivity index is 1.35. The molecule has 1 unspecified atom stereocenters. The van der Waals surface area contributed by atoms with Gasteiger partial charge in [0.2, 0.25) is 5.91 Å². The summed E-state index contributed by atoms with van der Waals surface area (Å²) >= 11 is 6.14. The second-order valence-electron chi connectivity index (χ2n) is 7.17. The molecule has 1 aromatic carbocycles. The van der Waals surface area contributed by atoms with Crippen molar-refractivity contribution in [3.8, 4) is 0 Å². The third-order valence-electron chi connectivity index (χ3n) is 5.63. The van der Waals surface area contributed by atoms with Crippen LogP contribution in [-0.4, -0.2) is 60.9 Å². The minimum atomic E-state index is -0.423. The van der Waals surface area contributed by atoms with Crippen molar-refractivity contribution < 1.29 is 14.3 Å². The van der Waals surface area contributed by atoms with Crippen LogP contribution in [-0.2, 0) is 14.3 Å². The van der Waals surface area contributed by atoms with E-state index < -0.39 is 5.79 Å². The van der Waals surface area contributed by atoms with Gasteiger partial charge in [0.15, 0.2) is 5.79 Å². The number of ether oxygens (including phenoxy) is 2. The van der Waals surface area contributed by atoms with E-state index in [1.165, 1.54) is 5.56 Å². The molecule has 4 rings (SSSR count). The Kier molecular flexibility index (Phi) is 5.00. The molecule has 136 valence electrons. The lowest BCUT2D eigenvalue weighted by molar-refractivity contribution is -0.187. The van der Waals surface area contributed by atoms with Crippen molar-refractivity contribution in [3.63, 3.8) is 0 Å². The number of carbonyl (C=O) groups is 1. The minimum absolute atomic E-state index is 0.210. The second-order valence-corrected chi connectivity index (χ2v) is 7.61. The maximum absolute atomic E-state index is 12.8. The molecule has 5 nitrogen and oxygen atoms in total. The maximum atomic E-state index is 12.8. The van der Waals surface area contributed by atoms with Crippen LogP contribution in [0.1, 0.15) is 37.3 Å². The van der Waals surface area contributed by atoms with E-state index >= 15 is 0 Å². The van der Waals surface area contributed by atoms with Gasteiger partial charge in [-0.15, -0.1) is 0 Å². The van der Waals surface area contributed by atoms with E-state index in [2.05, 4.69) is 11.0 Å². The van der Waals surface area contributed by atoms with Gasteiger partial charge in [0.05, 0.1) is 19.8 Å². The fourth-order valence-corrected chi connectivity index (χ4v) is 4.46. The predicted molar refractivity (Wildman–Crippen MR) is 95.4 cm³/mol. The lowest BCUT2D eigenvalue weighted by Gasteiger charge is -2.38. The lowest BCUT2D eigenvalue weighted by Crippen LogP contribution is -2.49. The Morgan fingerprint density at radius 1 is 1.20 bits per heavy atom. The van der Waals surface area contributed by atoms with E-state index in [9.17, 15) is 4.79 Å². The highest BCUT2D eigenvalue weighted by atomic mass is 35.5. The minimum Gasteiger partial charge on any atom is -0.347 e. The molecule has 1 spiro atoms. The van der Waals surface area contributed by atoms with Crippen molar-refractivity contribution in [2.75, 3.05) is 39.4 Å². The van der Waals surface area contributed by atoms with Gasteiger partial charge in [-0.3, -0.25) is 9.69 Å². The van der Waals surface area contributed by atoms with Crippen molar-refractivity contribution in [1.82, 2.24) is 9.80 Å². The summed E-state index contributed by atoms with van der Waals surface area (Å²) in [5.41, 5.74) is 1.21. The first-order chi connectivity index (χ1) is 12.2. The van der Waals surface area contributed by atoms with Crippen LogP contribution in [0.5, 0.6) is 0 Å². The summed E-state index contributed by atoms with van der Waals surface area (Å²) < 4.78 is 11.5. The number of piperidine rings is 1. The highest BCUT2D eigenvalue weighted by Crippen LogP contribution is 2.34. The summed E-state index contributed by atoms with van der Waals surface area (Å²) in [6.07, 6.45) is 3.75. The van der Waals surface area contributed by atoms with Crippen LogP contribution in [0.25, 0.3) is 0 Å². The van der Waals surface area contributed by atoms with Crippen LogP contribution in [0.3, 0.4) is 0 Å². The number of rotatable bonds is 3. The van der Waals surface area contributed by atoms with Gasteiger partial charge in [0.25, 0.3) is 0 Å². The van der Waals surface area contributed by atoms with Crippen molar-refractivity contribution >= 4 is 17.5 Å². The zero-order valence-corrected chi connectivity index (χ0v) is 15.2. The van der Waals surface area contributed by atoms with Crippen LogP contribution in [0, 0.1) is 0 Å². The summed E-state index contributed by atoms with van der Waals surface area (Å²) in [5, 5.41) is 0.758. The summed E-state index contributed by atoms with van der Waals surface area (Å²) in [6.45, 7) is 4.22. The molecule has 1 atom stereocenters. The highest BCUT2D eigenvalue weighted by Gasteiger charge is 2.41. The summed E-state index contributed by atoms with van der Waals surface area (Å²) in [6, 6.07) is 8.31. The Hall–Kier alpha value is -1.14. The quantitative estimate of drug-likeness (QED) is 0.827. The van der Waals surface area contributed by atoms with Gasteiger partial charge < -0.3 is 14.4 Å². The van der Waals surface area contributed by atoms with Crippen molar-refractivity contribution in [1.29, 1.82) is 0 Å². The second kappa shape index (κ2) is 7.23. The Morgan fingerprint density at radius 2 is 1.96 bits per heavy atom. The molecule has 0 aromatic heterocycles. The third kappa shape index (κ3) is 3.70. The topological polar surface area (TPSA) is 42.0 Å². The molecule has 0 saturated carbocycles. The van der Waals surface area contributed by atoms with Crippen LogP contribution < -0.4 is 0 Å². The average Bonchev–Trinajstić information content (AvgIpc) is 3.25. The predicted octanol–water partition coefficient (Wildman–Crippen LogP) is 2.84. The van der Waals surface area contributed by atoms with E-state index in [0.29, 0.717) is 38.9 Å². The molecule has 0 aliphatic carbocycles. The number of benzene rings is 1. The molecule has 1 amide bonds. The van der Waals surface area contributed by atoms with Crippen molar-refractivity contribution in [2.45, 2.75) is 37.5 Å². The molecule has 0 N–H and O–H groups in total. The highest BCUT2D eigenvalue weighted by molar-refractivity contribution is 6.30. The Morgan fingerprint density at radius 3 is 2.68 bits per heavy atom. The molecular weight excluding hydrogens is 340 g/mol. The molecule has 3 aliphatic rings. The summed E-state index contributed by atoms with van der Waals surface area (Å²) in [7, 11) is 0. The molecule has 0 radical (unpaired) electrons. The molecule has 3 saturated heterocycles. The number of hydrogen-bond donors (Lipinski definition) is 0. The number of hydrogen-bond acceptors (Lipinski definition) is 4. The number of halogens is 1. The number of nitrogens with zero attached hydrogens (tertiary/aromatic N) is 2. The first-order valence-corrected chi connectivity index (χ1v) is 9.58. The largest absolute Gasteiger partial charge is 0.347 e. The van der Waals surface area contributed by atoms with Gasteiger partial charge in [0.1, 0.15) is 0 Å². The molecule has 0 bridgehead atoms. The molecule has 3 aliphatic heterocycles. The zero-order chi connectivity index (χ0) is 17.3. The van der Waals surface area contributed by atoms with Gasteiger partial charge in [0, 0.05) is 37.0 Å². The average molecular weight is 365 g/mol. The van der Waals surface area contributed by atoms with Gasteiger partial charge >= 0.3 is 0 Å². The van der Waals surface area contributed by atoms with E-state index in [1.807, 2.05) is 23.1 Å². The maximum Gasteiger partial charge on any atom is 0.236 e. The third-order valence-corrected chi connectivity index (χ3v) is 5.86. The molecule has 25 heavy (non-hydrogen) atoms. The standard InChI is InChI=1S/C19H25ClN2O3/c20-16-4-1-3-15(13-16)17-5-2-8-22(17)14-18(23)21-9-6-19(7-10-21)24-11-12-25-19/h1,3-4,13,17H,2,5-12,14H2. The van der Waals surface area contributed by atoms with Crippen molar-refractivity contribution in [2.24, 2.45) is 0 Å². The van der Waals surface area contributed by atoms with Crippen LogP contribution >= 0.6 is 11.6 Å². The van der Waals surface area contributed by atoms with Crippen LogP contribution in [0.4, 0.5) is 0 Å². The fourth-order valence-electron chi connectivity index (χ4n) is 4.26. The molecule has 3 heterocycles. The Labute approximate surface area is 153 Å². The summed E-state index contributed by atoms with van der Waals surface area (Å²) in [4.78, 5) is 17.0. The number of amides is 1. The first kappa shape index (κ1) is 17.3. The first-order valence-electron chi connectivity index (χ1n) is 9.20. The molecule has 1 aromatic rings. The van der Waals surface area contributed by atoms with E-state index in [-0.39, 0.29) is 5.91 Å². The number of carbonyl (C=O) groups excluding carboxylic acids is 1. The van der Waals surface area contributed by atoms with Crippen LogP contribution in [0.2, 0.25) is 5.02 Å². The Bertz CT molecular complexity index is 623. The van der Waals surface area contributed by atoms with Gasteiger partial charge in [-0.05, 0) is 37.1 Å². The van der Waals surface area contributed by atoms with Gasteiger partial charge in [-0.1, -0.05) is 23.7 Å². The van der Waals surface area contributed by atoms with Gasteiger partial charge in [-0.2, -0.15) is 0 Å². The number of likely N-dealkylation sites (tertiary alicyclic amines) is 2. The fraction of sp³-hybridized carbons (Fsp3) is 0.632. The molecule has 3 fully saturated rings. The van der Waals surface area contributed by atoms with E-state index in [0.717, 1.165) is 37.3 Å². The molecular formula is C19H25ClN2O3. The van der Waals surface area contributed by atoms with Crippen LogP contribution in [0.15, 0.2) is 24.3 Å². The van der Waals surface area contributed by atoms with Gasteiger partial charge in [-0.25, -0.2) is 0 Å². The smallest absolute Gasteiger partial charge is 0.236 e. The lowest BCUT2D eigenvalue weighted by atomic mass is 10.0. The summed E-state index contributed by atoms with van der Waals surface area (Å²) in [5.74, 6) is -0.213. The SMILES string of the molecule is O=C(CN1CCCC1c1cccc(Cl)c1)N1CCC2(CC1)OCCO2. The monoisotopic (exact) mass is 364 g/mol. The van der Waals surface area contributed by atoms with Crippen molar-refractivity contribution in [3.05, 3.63) is 34.9 Å². The van der Waals surface area contributed by atoms with E-state index in [1.54, 1.807) is 0 Å². The molecule has 6 heteroatoms. The normalized spacial score (nSPS) is 26.4. The van der Waals surface area contributed by atoms with E-state index in [4.69, 9.17) is 21.1 Å².